The van der Waals surface area contributed by atoms with E-state index < -0.39 is 0 Å². The van der Waals surface area contributed by atoms with E-state index in [4.69, 9.17) is 0 Å². The molecule has 0 bridgehead atoms. The van der Waals surface area contributed by atoms with Crippen molar-refractivity contribution < 1.29 is 5.11 Å². The SMILES string of the molecule is CC.CC1(C)CC([O])CC(C)(C)N1. The molecule has 0 aromatic heterocycles. The van der Waals surface area contributed by atoms with Gasteiger partial charge in [-0.05, 0) is 40.5 Å². The summed E-state index contributed by atoms with van der Waals surface area (Å²) >= 11 is 0. The lowest BCUT2D eigenvalue weighted by Crippen LogP contribution is -2.58. The molecule has 2 nitrogen and oxygen atoms in total. The Morgan fingerprint density at radius 2 is 1.31 bits per heavy atom. The van der Waals surface area contributed by atoms with Gasteiger partial charge in [-0.25, -0.2) is 5.11 Å². The van der Waals surface area contributed by atoms with E-state index in [1.807, 2.05) is 13.8 Å². The predicted octanol–water partition coefficient (Wildman–Crippen LogP) is 2.75. The molecule has 1 rings (SSSR count). The van der Waals surface area contributed by atoms with Crippen LogP contribution in [0.4, 0.5) is 0 Å². The van der Waals surface area contributed by atoms with Crippen LogP contribution >= 0.6 is 0 Å². The van der Waals surface area contributed by atoms with Crippen molar-refractivity contribution in [3.8, 4) is 0 Å². The van der Waals surface area contributed by atoms with E-state index in [1.54, 1.807) is 0 Å². The van der Waals surface area contributed by atoms with Crippen molar-refractivity contribution in [3.05, 3.63) is 0 Å². The topological polar surface area (TPSA) is 31.9 Å². The van der Waals surface area contributed by atoms with Crippen LogP contribution in [-0.2, 0) is 5.11 Å². The van der Waals surface area contributed by atoms with Crippen LogP contribution < -0.4 is 5.32 Å². The first-order valence-electron chi connectivity index (χ1n) is 5.26. The molecular weight excluding hydrogens is 162 g/mol. The maximum atomic E-state index is 11.3. The summed E-state index contributed by atoms with van der Waals surface area (Å²) in [6.45, 7) is 12.4. The Morgan fingerprint density at radius 1 is 1.00 bits per heavy atom. The molecule has 0 aliphatic carbocycles. The molecule has 13 heavy (non-hydrogen) atoms. The Kier molecular flexibility index (Phi) is 4.40. The fourth-order valence-corrected chi connectivity index (χ4v) is 2.23. The monoisotopic (exact) mass is 186 g/mol. The summed E-state index contributed by atoms with van der Waals surface area (Å²) in [6, 6.07) is 0. The Hall–Kier alpha value is -0.0800. The van der Waals surface area contributed by atoms with Crippen molar-refractivity contribution in [3.63, 3.8) is 0 Å². The highest BCUT2D eigenvalue weighted by Crippen LogP contribution is 2.28. The molecule has 0 saturated carbocycles. The molecule has 0 atom stereocenters. The Bertz CT molecular complexity index is 136. The highest BCUT2D eigenvalue weighted by atomic mass is 16.3. The average Bonchev–Trinajstić information content (AvgIpc) is 1.82. The van der Waals surface area contributed by atoms with Crippen molar-refractivity contribution >= 4 is 0 Å². The molecule has 79 valence electrons. The van der Waals surface area contributed by atoms with Gasteiger partial charge in [0.1, 0.15) is 0 Å². The summed E-state index contributed by atoms with van der Waals surface area (Å²) in [6.07, 6.45) is 1.11. The molecule has 1 N–H and O–H groups in total. The fourth-order valence-electron chi connectivity index (χ4n) is 2.23. The van der Waals surface area contributed by atoms with Crippen LogP contribution in [0.5, 0.6) is 0 Å². The fraction of sp³-hybridized carbons (Fsp3) is 1.00. The Morgan fingerprint density at radius 3 is 1.54 bits per heavy atom. The van der Waals surface area contributed by atoms with E-state index in [-0.39, 0.29) is 17.2 Å². The molecule has 2 heteroatoms. The van der Waals surface area contributed by atoms with E-state index in [1.165, 1.54) is 0 Å². The van der Waals surface area contributed by atoms with Gasteiger partial charge in [-0.3, -0.25) is 0 Å². The van der Waals surface area contributed by atoms with Gasteiger partial charge in [0.2, 0.25) is 0 Å². The molecular formula is C11H24NO. The van der Waals surface area contributed by atoms with E-state index in [0.29, 0.717) is 0 Å². The van der Waals surface area contributed by atoms with Crippen molar-refractivity contribution in [1.82, 2.24) is 5.32 Å². The molecule has 0 aromatic rings. The first kappa shape index (κ1) is 12.9. The maximum absolute atomic E-state index is 11.3. The van der Waals surface area contributed by atoms with Crippen molar-refractivity contribution in [2.45, 2.75) is 71.6 Å². The van der Waals surface area contributed by atoms with Gasteiger partial charge in [-0.1, -0.05) is 13.8 Å². The lowest BCUT2D eigenvalue weighted by atomic mass is 9.81. The number of hydrogen-bond acceptors (Lipinski definition) is 1. The summed E-state index contributed by atoms with van der Waals surface area (Å²) in [5.74, 6) is 0. The van der Waals surface area contributed by atoms with E-state index in [9.17, 15) is 5.11 Å². The van der Waals surface area contributed by atoms with Gasteiger partial charge in [0, 0.05) is 11.1 Å². The van der Waals surface area contributed by atoms with Gasteiger partial charge in [0.05, 0.1) is 6.10 Å². The molecule has 1 radical (unpaired) electrons. The van der Waals surface area contributed by atoms with Gasteiger partial charge in [-0.2, -0.15) is 0 Å². The molecule has 0 aromatic carbocycles. The Labute approximate surface area is 82.7 Å². The second kappa shape index (κ2) is 4.43. The minimum atomic E-state index is -0.388. The van der Waals surface area contributed by atoms with Crippen LogP contribution in [-0.4, -0.2) is 17.2 Å². The first-order chi connectivity index (χ1) is 5.81. The second-order valence-corrected chi connectivity index (χ2v) is 4.92. The van der Waals surface area contributed by atoms with Crippen LogP contribution in [0.25, 0.3) is 0 Å². The average molecular weight is 186 g/mol. The molecule has 1 saturated heterocycles. The summed E-state index contributed by atoms with van der Waals surface area (Å²) in [5.41, 5.74) is 0.0440. The molecule has 0 amide bonds. The summed E-state index contributed by atoms with van der Waals surface area (Å²) in [5, 5.41) is 14.8. The van der Waals surface area contributed by atoms with Crippen LogP contribution in [0.1, 0.15) is 54.4 Å². The van der Waals surface area contributed by atoms with E-state index in [2.05, 4.69) is 33.0 Å². The Balaban J connectivity index is 0.000000671. The highest BCUT2D eigenvalue weighted by molar-refractivity contribution is 4.96. The number of rotatable bonds is 0. The van der Waals surface area contributed by atoms with Gasteiger partial charge in [-0.15, -0.1) is 0 Å². The van der Waals surface area contributed by atoms with Gasteiger partial charge >= 0.3 is 0 Å². The first-order valence-corrected chi connectivity index (χ1v) is 5.26. The van der Waals surface area contributed by atoms with E-state index in [0.717, 1.165) is 12.8 Å². The van der Waals surface area contributed by atoms with Gasteiger partial charge in [0.15, 0.2) is 0 Å². The van der Waals surface area contributed by atoms with Crippen LogP contribution in [0, 0.1) is 0 Å². The zero-order chi connectivity index (χ0) is 10.7. The third-order valence-electron chi connectivity index (χ3n) is 2.15. The lowest BCUT2D eigenvalue weighted by Gasteiger charge is -2.44. The summed E-state index contributed by atoms with van der Waals surface area (Å²) < 4.78 is 0. The van der Waals surface area contributed by atoms with Crippen molar-refractivity contribution in [2.24, 2.45) is 0 Å². The number of nitrogens with one attached hydrogen (secondary N) is 1. The minimum Gasteiger partial charge on any atom is -0.307 e. The number of hydrogen-bond donors (Lipinski definition) is 1. The minimum absolute atomic E-state index is 0.0220. The molecule has 1 heterocycles. The third-order valence-corrected chi connectivity index (χ3v) is 2.15. The van der Waals surface area contributed by atoms with Crippen LogP contribution in [0.2, 0.25) is 0 Å². The predicted molar refractivity (Wildman–Crippen MR) is 56.4 cm³/mol. The zero-order valence-corrected chi connectivity index (χ0v) is 9.90. The largest absolute Gasteiger partial charge is 0.307 e. The van der Waals surface area contributed by atoms with Gasteiger partial charge in [0.25, 0.3) is 0 Å². The van der Waals surface area contributed by atoms with Crippen LogP contribution in [0.15, 0.2) is 0 Å². The molecule has 1 aliphatic heterocycles. The van der Waals surface area contributed by atoms with Gasteiger partial charge < -0.3 is 5.32 Å². The number of piperidine rings is 1. The zero-order valence-electron chi connectivity index (χ0n) is 9.90. The normalized spacial score (nSPS) is 26.1. The smallest absolute Gasteiger partial charge is 0.0964 e. The molecule has 1 aliphatic rings. The highest BCUT2D eigenvalue weighted by Gasteiger charge is 2.37. The van der Waals surface area contributed by atoms with Crippen LogP contribution in [0.3, 0.4) is 0 Å². The summed E-state index contributed by atoms with van der Waals surface area (Å²) in [7, 11) is 0. The standard InChI is InChI=1S/C9H18NO.C2H6/c1-8(2)5-7(11)6-9(3,4)10-8;1-2/h7,10H,5-6H2,1-4H3;1-2H3. The molecule has 0 unspecified atom stereocenters. The quantitative estimate of drug-likeness (QED) is 0.620. The maximum Gasteiger partial charge on any atom is 0.0964 e. The molecule has 1 fully saturated rings. The molecule has 0 spiro atoms. The second-order valence-electron chi connectivity index (χ2n) is 4.92. The van der Waals surface area contributed by atoms with E-state index >= 15 is 0 Å². The van der Waals surface area contributed by atoms with Crippen molar-refractivity contribution in [1.29, 1.82) is 0 Å². The lowest BCUT2D eigenvalue weighted by molar-refractivity contribution is -0.00692. The summed E-state index contributed by atoms with van der Waals surface area (Å²) in [4.78, 5) is 0. The third kappa shape index (κ3) is 4.63. The van der Waals surface area contributed by atoms with Crippen molar-refractivity contribution in [2.75, 3.05) is 0 Å².